The number of aromatic nitrogens is 2. The fraction of sp³-hybridized carbons (Fsp3) is 0.261. The molecule has 34 heavy (non-hydrogen) atoms. The van der Waals surface area contributed by atoms with E-state index in [1.807, 2.05) is 0 Å². The Morgan fingerprint density at radius 3 is 2.38 bits per heavy atom. The molecule has 1 aliphatic heterocycles. The predicted octanol–water partition coefficient (Wildman–Crippen LogP) is 3.86. The van der Waals surface area contributed by atoms with Crippen LogP contribution in [0.3, 0.4) is 0 Å². The van der Waals surface area contributed by atoms with Crippen LogP contribution in [-0.4, -0.2) is 44.5 Å². The number of carbonyl (C=O) groups is 2. The van der Waals surface area contributed by atoms with Crippen molar-refractivity contribution in [2.24, 2.45) is 5.92 Å². The summed E-state index contributed by atoms with van der Waals surface area (Å²) in [4.78, 5) is 37.3. The van der Waals surface area contributed by atoms with Crippen molar-refractivity contribution in [3.8, 4) is 5.69 Å². The van der Waals surface area contributed by atoms with Gasteiger partial charge in [0.1, 0.15) is 17.5 Å². The van der Waals surface area contributed by atoms with E-state index in [-0.39, 0.29) is 36.2 Å². The van der Waals surface area contributed by atoms with Crippen LogP contribution in [0.15, 0.2) is 48.5 Å². The third kappa shape index (κ3) is 4.77. The number of likely N-dealkylation sites (tertiary alicyclic amines) is 1. The molecule has 0 unspecified atom stereocenters. The van der Waals surface area contributed by atoms with Crippen molar-refractivity contribution < 1.29 is 23.3 Å². The maximum Gasteiger partial charge on any atom is 0.269 e. The van der Waals surface area contributed by atoms with E-state index in [0.29, 0.717) is 36.1 Å². The Kier molecular flexibility index (Phi) is 6.35. The molecular weight excluding hydrogens is 448 g/mol. The topological polar surface area (TPSA) is 110 Å². The standard InChI is InChI=1S/C23H21F2N5O4/c1-14-12-21(29(27-14)17-3-5-18(6-4-17)30(33)34)26-22(31)15-8-10-28(11-9-15)23(32)19-7-2-16(24)13-20(19)25/h2-7,12-13,15H,8-11H2,1H3,(H,26,31). The summed E-state index contributed by atoms with van der Waals surface area (Å²) in [5.41, 5.74) is 0.943. The van der Waals surface area contributed by atoms with Crippen molar-refractivity contribution in [2.45, 2.75) is 19.8 Å². The molecule has 1 N–H and O–H groups in total. The monoisotopic (exact) mass is 469 g/mol. The number of nitro groups is 1. The molecule has 0 aliphatic carbocycles. The van der Waals surface area contributed by atoms with E-state index in [4.69, 9.17) is 0 Å². The molecule has 0 saturated carbocycles. The Morgan fingerprint density at radius 1 is 1.09 bits per heavy atom. The van der Waals surface area contributed by atoms with Gasteiger partial charge in [-0.25, -0.2) is 13.5 Å². The van der Waals surface area contributed by atoms with Crippen LogP contribution in [0.4, 0.5) is 20.3 Å². The lowest BCUT2D eigenvalue weighted by Crippen LogP contribution is -2.41. The minimum atomic E-state index is -0.917. The van der Waals surface area contributed by atoms with Crippen LogP contribution in [0, 0.1) is 34.6 Å². The molecule has 3 aromatic rings. The highest BCUT2D eigenvalue weighted by molar-refractivity contribution is 5.95. The summed E-state index contributed by atoms with van der Waals surface area (Å²) in [5, 5.41) is 18.1. The second-order valence-electron chi connectivity index (χ2n) is 8.04. The maximum atomic E-state index is 14.0. The van der Waals surface area contributed by atoms with Gasteiger partial charge in [0.05, 0.1) is 21.9 Å². The highest BCUT2D eigenvalue weighted by Crippen LogP contribution is 2.24. The van der Waals surface area contributed by atoms with E-state index in [1.165, 1.54) is 21.7 Å². The molecule has 0 bridgehead atoms. The van der Waals surface area contributed by atoms with Gasteiger partial charge in [0.2, 0.25) is 5.91 Å². The second kappa shape index (κ2) is 9.38. The normalized spacial score (nSPS) is 14.1. The number of anilines is 1. The second-order valence-corrected chi connectivity index (χ2v) is 8.04. The summed E-state index contributed by atoms with van der Waals surface area (Å²) in [6, 6.07) is 10.3. The van der Waals surface area contributed by atoms with E-state index in [0.717, 1.165) is 12.1 Å². The molecule has 4 rings (SSSR count). The van der Waals surface area contributed by atoms with Crippen LogP contribution in [0.1, 0.15) is 28.9 Å². The molecule has 1 aliphatic rings. The molecule has 9 nitrogen and oxygen atoms in total. The number of hydrogen-bond acceptors (Lipinski definition) is 5. The largest absolute Gasteiger partial charge is 0.339 e. The molecule has 1 aromatic heterocycles. The predicted molar refractivity (Wildman–Crippen MR) is 119 cm³/mol. The smallest absolute Gasteiger partial charge is 0.269 e. The molecule has 0 radical (unpaired) electrons. The third-order valence-electron chi connectivity index (χ3n) is 5.70. The number of hydrogen-bond donors (Lipinski definition) is 1. The lowest BCUT2D eigenvalue weighted by molar-refractivity contribution is -0.384. The van der Waals surface area contributed by atoms with E-state index < -0.39 is 22.5 Å². The minimum Gasteiger partial charge on any atom is -0.339 e. The average Bonchev–Trinajstić information content (AvgIpc) is 3.18. The Balaban J connectivity index is 1.41. The van der Waals surface area contributed by atoms with Crippen molar-refractivity contribution in [2.75, 3.05) is 18.4 Å². The highest BCUT2D eigenvalue weighted by Gasteiger charge is 2.29. The van der Waals surface area contributed by atoms with Crippen molar-refractivity contribution in [3.63, 3.8) is 0 Å². The van der Waals surface area contributed by atoms with Crippen LogP contribution < -0.4 is 5.32 Å². The van der Waals surface area contributed by atoms with Gasteiger partial charge in [-0.1, -0.05) is 0 Å². The molecule has 0 atom stereocenters. The summed E-state index contributed by atoms with van der Waals surface area (Å²) in [5.74, 6) is -2.41. The van der Waals surface area contributed by atoms with Crippen LogP contribution in [0.5, 0.6) is 0 Å². The Morgan fingerprint density at radius 2 is 1.76 bits per heavy atom. The fourth-order valence-electron chi connectivity index (χ4n) is 3.91. The van der Waals surface area contributed by atoms with Crippen LogP contribution in [0.25, 0.3) is 5.69 Å². The first-order chi connectivity index (χ1) is 16.2. The SMILES string of the molecule is Cc1cc(NC(=O)C2CCN(C(=O)c3ccc(F)cc3F)CC2)n(-c2ccc([N+](=O)[O-])cc2)n1. The summed E-state index contributed by atoms with van der Waals surface area (Å²) in [6.45, 7) is 2.28. The van der Waals surface area contributed by atoms with E-state index in [2.05, 4.69) is 10.4 Å². The number of piperidine rings is 1. The average molecular weight is 469 g/mol. The molecule has 0 spiro atoms. The molecule has 2 aromatic carbocycles. The first-order valence-electron chi connectivity index (χ1n) is 10.6. The van der Waals surface area contributed by atoms with E-state index in [1.54, 1.807) is 25.1 Å². The number of nitrogens with one attached hydrogen (secondary N) is 1. The molecule has 2 heterocycles. The van der Waals surface area contributed by atoms with Gasteiger partial charge in [-0.3, -0.25) is 19.7 Å². The zero-order valence-electron chi connectivity index (χ0n) is 18.2. The van der Waals surface area contributed by atoms with Crippen LogP contribution in [-0.2, 0) is 4.79 Å². The molecule has 1 saturated heterocycles. The van der Waals surface area contributed by atoms with Crippen molar-refractivity contribution >= 4 is 23.3 Å². The Bertz CT molecular complexity index is 1250. The van der Waals surface area contributed by atoms with Crippen molar-refractivity contribution in [1.82, 2.24) is 14.7 Å². The van der Waals surface area contributed by atoms with Gasteiger partial charge >= 0.3 is 0 Å². The number of carbonyl (C=O) groups excluding carboxylic acids is 2. The van der Waals surface area contributed by atoms with Crippen molar-refractivity contribution in [3.05, 3.63) is 81.5 Å². The summed E-state index contributed by atoms with van der Waals surface area (Å²) >= 11 is 0. The quantitative estimate of drug-likeness (QED) is 0.451. The van der Waals surface area contributed by atoms with Gasteiger partial charge in [0.25, 0.3) is 11.6 Å². The third-order valence-corrected chi connectivity index (χ3v) is 5.70. The van der Waals surface area contributed by atoms with Crippen molar-refractivity contribution in [1.29, 1.82) is 0 Å². The summed E-state index contributed by atoms with van der Waals surface area (Å²) < 4.78 is 28.6. The van der Waals surface area contributed by atoms with Gasteiger partial charge in [0.15, 0.2) is 0 Å². The number of nitro benzene ring substituents is 1. The summed E-state index contributed by atoms with van der Waals surface area (Å²) in [6.07, 6.45) is 0.760. The minimum absolute atomic E-state index is 0.0555. The number of halogens is 2. The van der Waals surface area contributed by atoms with E-state index >= 15 is 0 Å². The van der Waals surface area contributed by atoms with E-state index in [9.17, 15) is 28.5 Å². The number of benzene rings is 2. The molecule has 11 heteroatoms. The Labute approximate surface area is 193 Å². The van der Waals surface area contributed by atoms with Crippen LogP contribution >= 0.6 is 0 Å². The first kappa shape index (κ1) is 23.0. The van der Waals surface area contributed by atoms with Gasteiger partial charge in [0, 0.05) is 43.3 Å². The number of non-ortho nitro benzene ring substituents is 1. The van der Waals surface area contributed by atoms with Gasteiger partial charge < -0.3 is 10.2 Å². The molecule has 1 fully saturated rings. The van der Waals surface area contributed by atoms with Gasteiger partial charge in [-0.2, -0.15) is 5.10 Å². The number of nitrogens with zero attached hydrogens (tertiary/aromatic N) is 4. The lowest BCUT2D eigenvalue weighted by Gasteiger charge is -2.31. The molecular formula is C23H21F2N5O4. The first-order valence-corrected chi connectivity index (χ1v) is 10.6. The fourth-order valence-corrected chi connectivity index (χ4v) is 3.91. The molecule has 2 amide bonds. The zero-order valence-corrected chi connectivity index (χ0v) is 18.2. The summed E-state index contributed by atoms with van der Waals surface area (Å²) in [7, 11) is 0. The number of aryl methyl sites for hydroxylation is 1. The maximum absolute atomic E-state index is 14.0. The molecule has 176 valence electrons. The van der Waals surface area contributed by atoms with Crippen LogP contribution in [0.2, 0.25) is 0 Å². The zero-order chi connectivity index (χ0) is 24.4. The number of amides is 2. The Hall–Kier alpha value is -4.15. The number of rotatable bonds is 5. The van der Waals surface area contributed by atoms with Gasteiger partial charge in [-0.15, -0.1) is 0 Å². The van der Waals surface area contributed by atoms with Gasteiger partial charge in [-0.05, 0) is 44.0 Å². The lowest BCUT2D eigenvalue weighted by atomic mass is 9.95. The highest BCUT2D eigenvalue weighted by atomic mass is 19.1.